The minimum Gasteiger partial charge on any atom is -0.394 e. The summed E-state index contributed by atoms with van der Waals surface area (Å²) in [5, 5.41) is 17.3. The normalized spacial score (nSPS) is 8.50. The van der Waals surface area contributed by atoms with Crippen LogP contribution in [0.3, 0.4) is 0 Å². The van der Waals surface area contributed by atoms with Crippen LogP contribution in [0.15, 0.2) is 0 Å². The summed E-state index contributed by atoms with van der Waals surface area (Å²) in [6, 6.07) is 0. The molecule has 2 N–H and O–H groups in total. The largest absolute Gasteiger partial charge is 0.394 e. The minimum atomic E-state index is -0.790. The second kappa shape index (κ2) is 9.25. The molecule has 0 amide bonds. The Morgan fingerprint density at radius 3 is 2.14 bits per heavy atom. The van der Waals surface area contributed by atoms with E-state index < -0.39 is 6.10 Å². The SMILES string of the molecule is CC#CC#CC#CC#CC[C@H](O)CO. The molecule has 0 unspecified atom stereocenters. The van der Waals surface area contributed by atoms with Gasteiger partial charge in [-0.2, -0.15) is 0 Å². The third-order valence-electron chi connectivity index (χ3n) is 1.07. The average Bonchev–Trinajstić information content (AvgIpc) is 2.21. The molecule has 0 rings (SSSR count). The van der Waals surface area contributed by atoms with Gasteiger partial charge in [0.25, 0.3) is 0 Å². The lowest BCUT2D eigenvalue weighted by atomic mass is 10.3. The summed E-state index contributed by atoms with van der Waals surface area (Å²) in [4.78, 5) is 0. The molecule has 0 aliphatic carbocycles. The van der Waals surface area contributed by atoms with Crippen molar-refractivity contribution in [2.24, 2.45) is 0 Å². The van der Waals surface area contributed by atoms with Crippen molar-refractivity contribution in [3.05, 3.63) is 0 Å². The van der Waals surface area contributed by atoms with Gasteiger partial charge < -0.3 is 10.2 Å². The van der Waals surface area contributed by atoms with Gasteiger partial charge in [-0.3, -0.25) is 0 Å². The molecule has 0 fully saturated rings. The number of rotatable bonds is 2. The van der Waals surface area contributed by atoms with Crippen molar-refractivity contribution in [1.82, 2.24) is 0 Å². The standard InChI is InChI=1S/C12H10O2/c1-2-3-4-5-6-7-8-9-10-12(14)11-13/h12-14H,10-11H2,1H3/t12-/m0/s1. The third kappa shape index (κ3) is 8.26. The Kier molecular flexibility index (Phi) is 8.03. The van der Waals surface area contributed by atoms with Crippen LogP contribution in [0.2, 0.25) is 0 Å². The van der Waals surface area contributed by atoms with Crippen molar-refractivity contribution in [2.75, 3.05) is 6.61 Å². The quantitative estimate of drug-likeness (QED) is 0.584. The zero-order valence-electron chi connectivity index (χ0n) is 7.89. The summed E-state index contributed by atoms with van der Waals surface area (Å²) in [7, 11) is 0. The van der Waals surface area contributed by atoms with Crippen LogP contribution in [-0.4, -0.2) is 22.9 Å². The molecule has 0 aliphatic rings. The second-order valence-electron chi connectivity index (χ2n) is 2.22. The van der Waals surface area contributed by atoms with Gasteiger partial charge in [0.05, 0.1) is 12.7 Å². The van der Waals surface area contributed by atoms with E-state index in [-0.39, 0.29) is 13.0 Å². The van der Waals surface area contributed by atoms with Crippen molar-refractivity contribution >= 4 is 0 Å². The maximum atomic E-state index is 8.88. The van der Waals surface area contributed by atoms with E-state index in [2.05, 4.69) is 47.4 Å². The second-order valence-corrected chi connectivity index (χ2v) is 2.22. The van der Waals surface area contributed by atoms with Crippen LogP contribution in [0.4, 0.5) is 0 Å². The van der Waals surface area contributed by atoms with E-state index >= 15 is 0 Å². The lowest BCUT2D eigenvalue weighted by Crippen LogP contribution is -2.09. The Bertz CT molecular complexity index is 391. The molecule has 2 heteroatoms. The molecule has 0 aromatic rings. The highest BCUT2D eigenvalue weighted by Gasteiger charge is 1.95. The van der Waals surface area contributed by atoms with Crippen LogP contribution in [0.5, 0.6) is 0 Å². The van der Waals surface area contributed by atoms with E-state index in [0.29, 0.717) is 0 Å². The molecule has 0 saturated heterocycles. The molecule has 2 nitrogen and oxygen atoms in total. The molecule has 0 aromatic heterocycles. The predicted molar refractivity (Wildman–Crippen MR) is 54.5 cm³/mol. The first-order chi connectivity index (χ1) is 6.81. The molecule has 14 heavy (non-hydrogen) atoms. The highest BCUT2D eigenvalue weighted by molar-refractivity contribution is 5.39. The fourth-order valence-electron chi connectivity index (χ4n) is 0.465. The molecule has 0 aliphatic heterocycles. The Labute approximate surface area is 84.3 Å². The topological polar surface area (TPSA) is 40.5 Å². The molecule has 0 saturated carbocycles. The van der Waals surface area contributed by atoms with Crippen LogP contribution in [0, 0.1) is 47.4 Å². The summed E-state index contributed by atoms with van der Waals surface area (Å²) in [5.74, 6) is 20.2. The summed E-state index contributed by atoms with van der Waals surface area (Å²) >= 11 is 0. The molecule has 0 radical (unpaired) electrons. The smallest absolute Gasteiger partial charge is 0.0880 e. The Morgan fingerprint density at radius 2 is 1.57 bits per heavy atom. The van der Waals surface area contributed by atoms with Gasteiger partial charge in [-0.1, -0.05) is 11.8 Å². The number of hydrogen-bond acceptors (Lipinski definition) is 2. The average molecular weight is 186 g/mol. The first kappa shape index (κ1) is 12.2. The van der Waals surface area contributed by atoms with Crippen LogP contribution in [-0.2, 0) is 0 Å². The zero-order chi connectivity index (χ0) is 10.6. The summed E-state index contributed by atoms with van der Waals surface area (Å²) in [6.07, 6.45) is -0.575. The van der Waals surface area contributed by atoms with Crippen LogP contribution < -0.4 is 0 Å². The highest BCUT2D eigenvalue weighted by Crippen LogP contribution is 1.85. The number of aliphatic hydroxyl groups is 2. The Balaban J connectivity index is 3.91. The Hall–Kier alpha value is -1.84. The van der Waals surface area contributed by atoms with E-state index in [9.17, 15) is 0 Å². The monoisotopic (exact) mass is 186 g/mol. The van der Waals surface area contributed by atoms with Gasteiger partial charge >= 0.3 is 0 Å². The maximum Gasteiger partial charge on any atom is 0.0880 e. The van der Waals surface area contributed by atoms with Gasteiger partial charge in [-0.25, -0.2) is 0 Å². The lowest BCUT2D eigenvalue weighted by Gasteiger charge is -1.97. The van der Waals surface area contributed by atoms with E-state index in [1.54, 1.807) is 6.92 Å². The molecule has 0 spiro atoms. The fourth-order valence-corrected chi connectivity index (χ4v) is 0.465. The summed E-state index contributed by atoms with van der Waals surface area (Å²) < 4.78 is 0. The first-order valence-electron chi connectivity index (χ1n) is 3.99. The van der Waals surface area contributed by atoms with Crippen molar-refractivity contribution < 1.29 is 10.2 Å². The van der Waals surface area contributed by atoms with E-state index in [4.69, 9.17) is 10.2 Å². The summed E-state index contributed by atoms with van der Waals surface area (Å²) in [6.45, 7) is 1.41. The van der Waals surface area contributed by atoms with E-state index in [1.165, 1.54) is 0 Å². The number of hydrogen-bond donors (Lipinski definition) is 2. The molecule has 70 valence electrons. The zero-order valence-corrected chi connectivity index (χ0v) is 7.89. The van der Waals surface area contributed by atoms with Gasteiger partial charge in [0.15, 0.2) is 0 Å². The van der Waals surface area contributed by atoms with E-state index in [1.807, 2.05) is 0 Å². The molecular weight excluding hydrogens is 176 g/mol. The van der Waals surface area contributed by atoms with Crippen molar-refractivity contribution in [2.45, 2.75) is 19.4 Å². The van der Waals surface area contributed by atoms with Crippen LogP contribution >= 0.6 is 0 Å². The minimum absolute atomic E-state index is 0.216. The number of aliphatic hydroxyl groups excluding tert-OH is 2. The van der Waals surface area contributed by atoms with Crippen molar-refractivity contribution in [3.63, 3.8) is 0 Å². The van der Waals surface area contributed by atoms with Gasteiger partial charge in [0, 0.05) is 6.42 Å². The van der Waals surface area contributed by atoms with E-state index in [0.717, 1.165) is 0 Å². The summed E-state index contributed by atoms with van der Waals surface area (Å²) in [5.41, 5.74) is 0. The lowest BCUT2D eigenvalue weighted by molar-refractivity contribution is 0.0992. The maximum absolute atomic E-state index is 8.88. The molecule has 0 heterocycles. The third-order valence-corrected chi connectivity index (χ3v) is 1.07. The van der Waals surface area contributed by atoms with Gasteiger partial charge in [-0.15, -0.1) is 0 Å². The van der Waals surface area contributed by atoms with Crippen LogP contribution in [0.25, 0.3) is 0 Å². The molecule has 0 bridgehead atoms. The van der Waals surface area contributed by atoms with Gasteiger partial charge in [0.2, 0.25) is 0 Å². The molecule has 0 aromatic carbocycles. The molecule has 1 atom stereocenters. The predicted octanol–water partition coefficient (Wildman–Crippen LogP) is -0.237. The molecular formula is C12H10O2. The first-order valence-corrected chi connectivity index (χ1v) is 3.99. The van der Waals surface area contributed by atoms with Crippen molar-refractivity contribution in [1.29, 1.82) is 0 Å². The van der Waals surface area contributed by atoms with Crippen LogP contribution in [0.1, 0.15) is 13.3 Å². The highest BCUT2D eigenvalue weighted by atomic mass is 16.3. The van der Waals surface area contributed by atoms with Gasteiger partial charge in [0.1, 0.15) is 0 Å². The van der Waals surface area contributed by atoms with Crippen molar-refractivity contribution in [3.8, 4) is 47.4 Å². The Morgan fingerprint density at radius 1 is 1.00 bits per heavy atom. The fraction of sp³-hybridized carbons (Fsp3) is 0.333. The van der Waals surface area contributed by atoms with Gasteiger partial charge in [-0.05, 0) is 42.4 Å².